The SMILES string of the molecule is COC(=O)c1ccc(NC(=O)c2cccc(Cl)n2)c(C)c1. The van der Waals surface area contributed by atoms with Gasteiger partial charge in [0.05, 0.1) is 12.7 Å². The molecule has 0 saturated carbocycles. The van der Waals surface area contributed by atoms with E-state index < -0.39 is 5.97 Å². The van der Waals surface area contributed by atoms with Crippen molar-refractivity contribution in [3.63, 3.8) is 0 Å². The highest BCUT2D eigenvalue weighted by Crippen LogP contribution is 2.18. The standard InChI is InChI=1S/C15H13ClN2O3/c1-9-8-10(15(20)21-2)6-7-11(9)18-14(19)12-4-3-5-13(16)17-12/h3-8H,1-2H3,(H,18,19). The quantitative estimate of drug-likeness (QED) is 0.699. The average Bonchev–Trinajstić information content (AvgIpc) is 2.48. The van der Waals surface area contributed by atoms with Crippen molar-refractivity contribution in [3.05, 3.63) is 58.4 Å². The highest BCUT2D eigenvalue weighted by atomic mass is 35.5. The van der Waals surface area contributed by atoms with Gasteiger partial charge in [-0.05, 0) is 42.8 Å². The molecule has 0 aliphatic rings. The number of benzene rings is 1. The van der Waals surface area contributed by atoms with Crippen molar-refractivity contribution in [1.82, 2.24) is 4.98 Å². The van der Waals surface area contributed by atoms with E-state index in [1.54, 1.807) is 43.3 Å². The molecule has 2 aromatic rings. The minimum Gasteiger partial charge on any atom is -0.465 e. The topological polar surface area (TPSA) is 68.3 Å². The third-order valence-corrected chi connectivity index (χ3v) is 3.05. The number of carbonyl (C=O) groups is 2. The fourth-order valence-electron chi connectivity index (χ4n) is 1.77. The van der Waals surface area contributed by atoms with Crippen molar-refractivity contribution in [1.29, 1.82) is 0 Å². The predicted molar refractivity (Wildman–Crippen MR) is 79.7 cm³/mol. The molecule has 0 atom stereocenters. The number of methoxy groups -OCH3 is 1. The van der Waals surface area contributed by atoms with Gasteiger partial charge in [-0.3, -0.25) is 4.79 Å². The molecule has 108 valence electrons. The minimum absolute atomic E-state index is 0.221. The molecule has 1 heterocycles. The molecule has 21 heavy (non-hydrogen) atoms. The minimum atomic E-state index is -0.424. The molecule has 0 radical (unpaired) electrons. The molecule has 1 N–H and O–H groups in total. The van der Waals surface area contributed by atoms with Gasteiger partial charge >= 0.3 is 5.97 Å². The molecular weight excluding hydrogens is 292 g/mol. The third kappa shape index (κ3) is 3.58. The first-order valence-electron chi connectivity index (χ1n) is 6.14. The van der Waals surface area contributed by atoms with Gasteiger partial charge in [0.15, 0.2) is 0 Å². The summed E-state index contributed by atoms with van der Waals surface area (Å²) in [6.07, 6.45) is 0. The summed E-state index contributed by atoms with van der Waals surface area (Å²) in [5.74, 6) is -0.793. The molecule has 2 rings (SSSR count). The number of nitrogens with one attached hydrogen (secondary N) is 1. The summed E-state index contributed by atoms with van der Waals surface area (Å²) >= 11 is 5.75. The van der Waals surface area contributed by atoms with E-state index in [0.29, 0.717) is 11.3 Å². The second kappa shape index (κ2) is 6.37. The van der Waals surface area contributed by atoms with E-state index in [2.05, 4.69) is 15.0 Å². The Morgan fingerprint density at radius 2 is 2.00 bits per heavy atom. The van der Waals surface area contributed by atoms with Gasteiger partial charge in [0, 0.05) is 5.69 Å². The lowest BCUT2D eigenvalue weighted by Crippen LogP contribution is -2.14. The number of hydrogen-bond donors (Lipinski definition) is 1. The van der Waals surface area contributed by atoms with Crippen LogP contribution in [0.1, 0.15) is 26.4 Å². The first-order chi connectivity index (χ1) is 10.0. The van der Waals surface area contributed by atoms with Crippen LogP contribution in [-0.4, -0.2) is 24.0 Å². The summed E-state index contributed by atoms with van der Waals surface area (Å²) in [4.78, 5) is 27.4. The summed E-state index contributed by atoms with van der Waals surface area (Å²) in [5.41, 5.74) is 1.98. The van der Waals surface area contributed by atoms with Gasteiger partial charge in [-0.1, -0.05) is 17.7 Å². The first kappa shape index (κ1) is 15.0. The van der Waals surface area contributed by atoms with Gasteiger partial charge in [-0.15, -0.1) is 0 Å². The largest absolute Gasteiger partial charge is 0.465 e. The second-order valence-corrected chi connectivity index (χ2v) is 4.71. The molecule has 0 aliphatic heterocycles. The summed E-state index contributed by atoms with van der Waals surface area (Å²) < 4.78 is 4.64. The maximum atomic E-state index is 12.1. The van der Waals surface area contributed by atoms with Crippen LogP contribution in [0.4, 0.5) is 5.69 Å². The van der Waals surface area contributed by atoms with Crippen molar-refractivity contribution in [2.75, 3.05) is 12.4 Å². The lowest BCUT2D eigenvalue weighted by molar-refractivity contribution is 0.0600. The highest BCUT2D eigenvalue weighted by Gasteiger charge is 2.12. The van der Waals surface area contributed by atoms with Gasteiger partial charge in [-0.25, -0.2) is 9.78 Å². The van der Waals surface area contributed by atoms with E-state index in [-0.39, 0.29) is 16.8 Å². The van der Waals surface area contributed by atoms with Crippen LogP contribution in [-0.2, 0) is 4.74 Å². The number of amides is 1. The van der Waals surface area contributed by atoms with Gasteiger partial charge < -0.3 is 10.1 Å². The molecular formula is C15H13ClN2O3. The lowest BCUT2D eigenvalue weighted by Gasteiger charge is -2.09. The Labute approximate surface area is 126 Å². The van der Waals surface area contributed by atoms with Crippen LogP contribution in [0.2, 0.25) is 5.15 Å². The number of ether oxygens (including phenoxy) is 1. The molecule has 0 unspecified atom stereocenters. The van der Waals surface area contributed by atoms with Crippen LogP contribution in [0.25, 0.3) is 0 Å². The first-order valence-corrected chi connectivity index (χ1v) is 6.52. The van der Waals surface area contributed by atoms with Crippen molar-refractivity contribution in [3.8, 4) is 0 Å². The number of anilines is 1. The average molecular weight is 305 g/mol. The van der Waals surface area contributed by atoms with Crippen LogP contribution < -0.4 is 5.32 Å². The van der Waals surface area contributed by atoms with Crippen LogP contribution in [0.3, 0.4) is 0 Å². The molecule has 1 amide bonds. The van der Waals surface area contributed by atoms with E-state index in [4.69, 9.17) is 11.6 Å². The molecule has 0 saturated heterocycles. The summed E-state index contributed by atoms with van der Waals surface area (Å²) in [7, 11) is 1.32. The van der Waals surface area contributed by atoms with Gasteiger partial charge in [0.25, 0.3) is 5.91 Å². The molecule has 0 fully saturated rings. The Bertz CT molecular complexity index is 701. The Morgan fingerprint density at radius 3 is 2.62 bits per heavy atom. The zero-order chi connectivity index (χ0) is 15.4. The number of nitrogens with zero attached hydrogens (tertiary/aromatic N) is 1. The van der Waals surface area contributed by atoms with Crippen LogP contribution >= 0.6 is 11.6 Å². The Morgan fingerprint density at radius 1 is 1.24 bits per heavy atom. The van der Waals surface area contributed by atoms with E-state index in [9.17, 15) is 9.59 Å². The number of carbonyl (C=O) groups excluding carboxylic acids is 2. The zero-order valence-electron chi connectivity index (χ0n) is 11.5. The third-order valence-electron chi connectivity index (χ3n) is 2.84. The lowest BCUT2D eigenvalue weighted by atomic mass is 10.1. The molecule has 1 aromatic carbocycles. The van der Waals surface area contributed by atoms with E-state index in [0.717, 1.165) is 5.56 Å². The Hall–Kier alpha value is -2.40. The molecule has 0 spiro atoms. The van der Waals surface area contributed by atoms with Crippen molar-refractivity contribution >= 4 is 29.2 Å². The summed E-state index contributed by atoms with van der Waals surface area (Å²) in [6, 6.07) is 9.68. The van der Waals surface area contributed by atoms with Crippen molar-refractivity contribution < 1.29 is 14.3 Å². The van der Waals surface area contributed by atoms with Gasteiger partial charge in [-0.2, -0.15) is 0 Å². The number of aryl methyl sites for hydroxylation is 1. The molecule has 5 nitrogen and oxygen atoms in total. The maximum Gasteiger partial charge on any atom is 0.337 e. The molecule has 0 bridgehead atoms. The second-order valence-electron chi connectivity index (χ2n) is 4.32. The zero-order valence-corrected chi connectivity index (χ0v) is 12.3. The number of aromatic nitrogens is 1. The normalized spacial score (nSPS) is 10.0. The highest BCUT2D eigenvalue weighted by molar-refractivity contribution is 6.29. The van der Waals surface area contributed by atoms with Crippen LogP contribution in [0.15, 0.2) is 36.4 Å². The van der Waals surface area contributed by atoms with Gasteiger partial charge in [0.1, 0.15) is 10.8 Å². The smallest absolute Gasteiger partial charge is 0.337 e. The van der Waals surface area contributed by atoms with E-state index in [1.165, 1.54) is 7.11 Å². The Kier molecular flexibility index (Phi) is 4.55. The monoisotopic (exact) mass is 304 g/mol. The maximum absolute atomic E-state index is 12.1. The molecule has 1 aromatic heterocycles. The number of halogens is 1. The van der Waals surface area contributed by atoms with E-state index >= 15 is 0 Å². The van der Waals surface area contributed by atoms with E-state index in [1.807, 2.05) is 0 Å². The van der Waals surface area contributed by atoms with Crippen LogP contribution in [0.5, 0.6) is 0 Å². The number of pyridine rings is 1. The van der Waals surface area contributed by atoms with Crippen LogP contribution in [0, 0.1) is 6.92 Å². The number of hydrogen-bond acceptors (Lipinski definition) is 4. The molecule has 0 aliphatic carbocycles. The fraction of sp³-hybridized carbons (Fsp3) is 0.133. The number of rotatable bonds is 3. The fourth-order valence-corrected chi connectivity index (χ4v) is 1.93. The van der Waals surface area contributed by atoms with Crippen molar-refractivity contribution in [2.24, 2.45) is 0 Å². The van der Waals surface area contributed by atoms with Gasteiger partial charge in [0.2, 0.25) is 0 Å². The molecule has 6 heteroatoms. The summed E-state index contributed by atoms with van der Waals surface area (Å²) in [5, 5.41) is 2.98. The predicted octanol–water partition coefficient (Wildman–Crippen LogP) is 3.08. The number of esters is 1. The Balaban J connectivity index is 2.20. The summed E-state index contributed by atoms with van der Waals surface area (Å²) in [6.45, 7) is 1.79. The van der Waals surface area contributed by atoms with Crippen molar-refractivity contribution in [2.45, 2.75) is 6.92 Å².